The van der Waals surface area contributed by atoms with E-state index in [9.17, 15) is 10.1 Å². The minimum atomic E-state index is -0.554. The number of anilines is 1. The lowest BCUT2D eigenvalue weighted by atomic mass is 10.3. The second-order valence-corrected chi connectivity index (χ2v) is 3.59. The summed E-state index contributed by atoms with van der Waals surface area (Å²) in [5, 5.41) is 13.6. The van der Waals surface area contributed by atoms with Crippen LogP contribution in [0.1, 0.15) is 0 Å². The number of aromatic nitrogens is 1. The molecule has 0 spiro atoms. The normalized spacial score (nSPS) is 11.1. The van der Waals surface area contributed by atoms with Crippen LogP contribution in [0.4, 0.5) is 17.2 Å². The quantitative estimate of drug-likeness (QED) is 0.379. The Kier molecular flexibility index (Phi) is 3.67. The van der Waals surface area contributed by atoms with Crippen LogP contribution in [0.3, 0.4) is 0 Å². The van der Waals surface area contributed by atoms with Crippen LogP contribution < -0.4 is 11.1 Å². The number of nitrogens with two attached hydrogens (primary N) is 1. The minimum absolute atomic E-state index is 0.0339. The Morgan fingerprint density at radius 2 is 2.00 bits per heavy atom. The van der Waals surface area contributed by atoms with Crippen molar-refractivity contribution < 1.29 is 4.92 Å². The Balaban J connectivity index is 2.24. The average Bonchev–Trinajstić information content (AvgIpc) is 2.40. The van der Waals surface area contributed by atoms with Gasteiger partial charge >= 0.3 is 5.69 Å². The van der Waals surface area contributed by atoms with Crippen molar-refractivity contribution in [2.24, 2.45) is 10.7 Å². The first-order valence-corrected chi connectivity index (χ1v) is 5.42. The molecule has 2 aromatic rings. The van der Waals surface area contributed by atoms with Crippen molar-refractivity contribution in [1.29, 1.82) is 0 Å². The largest absolute Gasteiger partial charge is 0.369 e. The lowest BCUT2D eigenvalue weighted by Crippen LogP contribution is -2.22. The van der Waals surface area contributed by atoms with Gasteiger partial charge in [0.25, 0.3) is 0 Å². The van der Waals surface area contributed by atoms with Crippen molar-refractivity contribution in [3.63, 3.8) is 0 Å². The van der Waals surface area contributed by atoms with E-state index in [0.29, 0.717) is 0 Å². The summed E-state index contributed by atoms with van der Waals surface area (Å²) in [5.41, 5.74) is 6.23. The molecule has 0 radical (unpaired) electrons. The maximum atomic E-state index is 10.8. The van der Waals surface area contributed by atoms with Gasteiger partial charge in [0.1, 0.15) is 0 Å². The molecule has 0 unspecified atom stereocenters. The molecule has 0 atom stereocenters. The number of pyridine rings is 1. The maximum Gasteiger partial charge on any atom is 0.313 e. The van der Waals surface area contributed by atoms with E-state index in [1.807, 2.05) is 18.2 Å². The second-order valence-electron chi connectivity index (χ2n) is 3.59. The molecular weight excluding hydrogens is 246 g/mol. The lowest BCUT2D eigenvalue weighted by molar-refractivity contribution is -0.384. The molecule has 1 heterocycles. The molecule has 0 aliphatic carbocycles. The van der Waals surface area contributed by atoms with Gasteiger partial charge < -0.3 is 11.1 Å². The highest BCUT2D eigenvalue weighted by Crippen LogP contribution is 2.23. The molecule has 3 N–H and O–H groups in total. The van der Waals surface area contributed by atoms with Gasteiger partial charge in [-0.1, -0.05) is 18.2 Å². The molecule has 1 aromatic heterocycles. The van der Waals surface area contributed by atoms with Crippen LogP contribution in [-0.4, -0.2) is 15.9 Å². The monoisotopic (exact) mass is 257 g/mol. The molecule has 0 saturated heterocycles. The topological polar surface area (TPSA) is 106 Å². The number of nitro groups is 1. The minimum Gasteiger partial charge on any atom is -0.369 e. The van der Waals surface area contributed by atoms with E-state index >= 15 is 0 Å². The van der Waals surface area contributed by atoms with Crippen LogP contribution in [0.5, 0.6) is 0 Å². The van der Waals surface area contributed by atoms with Crippen LogP contribution in [0, 0.1) is 10.1 Å². The van der Waals surface area contributed by atoms with E-state index in [1.54, 1.807) is 12.1 Å². The number of para-hydroxylation sites is 1. The van der Waals surface area contributed by atoms with E-state index in [4.69, 9.17) is 5.73 Å². The predicted octanol–water partition coefficient (Wildman–Crippen LogP) is 2.05. The molecule has 0 bridgehead atoms. The van der Waals surface area contributed by atoms with E-state index in [2.05, 4.69) is 15.3 Å². The van der Waals surface area contributed by atoms with Gasteiger partial charge in [-0.15, -0.1) is 0 Å². The molecule has 7 heteroatoms. The Bertz CT molecular complexity index is 613. The molecule has 96 valence electrons. The van der Waals surface area contributed by atoms with Crippen molar-refractivity contribution >= 4 is 23.2 Å². The van der Waals surface area contributed by atoms with Gasteiger partial charge in [-0.2, -0.15) is 4.99 Å². The third kappa shape index (κ3) is 3.25. The number of nitrogens with one attached hydrogen (secondary N) is 1. The zero-order valence-electron chi connectivity index (χ0n) is 9.85. The Morgan fingerprint density at radius 3 is 2.68 bits per heavy atom. The standard InChI is InChI=1S/C12H11N5O2/c13-12(15-9-5-2-1-3-6-9)16-11-10(17(18)19)7-4-8-14-11/h1-8H,(H3,13,14,15,16). The molecule has 0 fully saturated rings. The molecule has 7 nitrogen and oxygen atoms in total. The summed E-state index contributed by atoms with van der Waals surface area (Å²) in [5.74, 6) is 0.00133. The number of guanidine groups is 1. The molecule has 1 aromatic carbocycles. The van der Waals surface area contributed by atoms with Gasteiger partial charge in [0.2, 0.25) is 5.82 Å². The van der Waals surface area contributed by atoms with Crippen LogP contribution in [-0.2, 0) is 0 Å². The van der Waals surface area contributed by atoms with Crippen LogP contribution in [0.2, 0.25) is 0 Å². The Morgan fingerprint density at radius 1 is 1.26 bits per heavy atom. The number of nitrogens with zero attached hydrogens (tertiary/aromatic N) is 3. The molecule has 19 heavy (non-hydrogen) atoms. The maximum absolute atomic E-state index is 10.8. The fraction of sp³-hybridized carbons (Fsp3) is 0. The van der Waals surface area contributed by atoms with Gasteiger partial charge in [-0.3, -0.25) is 10.1 Å². The van der Waals surface area contributed by atoms with Crippen molar-refractivity contribution in [2.75, 3.05) is 5.32 Å². The Labute approximate surface area is 109 Å². The van der Waals surface area contributed by atoms with Crippen LogP contribution in [0.25, 0.3) is 0 Å². The summed E-state index contributed by atoms with van der Waals surface area (Å²) in [6, 6.07) is 11.9. The van der Waals surface area contributed by atoms with Gasteiger partial charge in [0, 0.05) is 18.0 Å². The molecule has 2 rings (SSSR count). The smallest absolute Gasteiger partial charge is 0.313 e. The van der Waals surface area contributed by atoms with E-state index < -0.39 is 4.92 Å². The second kappa shape index (κ2) is 5.58. The number of benzene rings is 1. The highest BCUT2D eigenvalue weighted by atomic mass is 16.6. The van der Waals surface area contributed by atoms with Crippen LogP contribution >= 0.6 is 0 Å². The molecular formula is C12H11N5O2. The van der Waals surface area contributed by atoms with E-state index in [0.717, 1.165) is 5.69 Å². The Hall–Kier alpha value is -2.96. The van der Waals surface area contributed by atoms with E-state index in [1.165, 1.54) is 18.3 Å². The fourth-order valence-electron chi connectivity index (χ4n) is 1.43. The number of hydrogen-bond acceptors (Lipinski definition) is 4. The van der Waals surface area contributed by atoms with Crippen molar-refractivity contribution in [3.05, 3.63) is 58.8 Å². The SMILES string of the molecule is NC(=Nc1ncccc1[N+](=O)[O-])Nc1ccccc1. The average molecular weight is 257 g/mol. The van der Waals surface area contributed by atoms with Gasteiger partial charge in [-0.25, -0.2) is 4.98 Å². The fourth-order valence-corrected chi connectivity index (χ4v) is 1.43. The van der Waals surface area contributed by atoms with Gasteiger partial charge in [0.05, 0.1) is 4.92 Å². The zero-order valence-corrected chi connectivity index (χ0v) is 9.85. The third-order valence-electron chi connectivity index (χ3n) is 2.24. The van der Waals surface area contributed by atoms with Crippen LogP contribution in [0.15, 0.2) is 53.7 Å². The van der Waals surface area contributed by atoms with E-state index in [-0.39, 0.29) is 17.5 Å². The first-order valence-electron chi connectivity index (χ1n) is 5.42. The molecule has 0 amide bonds. The van der Waals surface area contributed by atoms with Crippen molar-refractivity contribution in [1.82, 2.24) is 4.98 Å². The first kappa shape index (κ1) is 12.5. The summed E-state index contributed by atoms with van der Waals surface area (Å²) in [7, 11) is 0. The molecule has 0 aliphatic rings. The number of rotatable bonds is 3. The number of aliphatic imine (C=N–C) groups is 1. The summed E-state index contributed by atoms with van der Waals surface area (Å²) in [6.45, 7) is 0. The van der Waals surface area contributed by atoms with Gasteiger partial charge in [-0.05, 0) is 18.2 Å². The first-order chi connectivity index (χ1) is 9.16. The molecule has 0 aliphatic heterocycles. The van der Waals surface area contributed by atoms with Gasteiger partial charge in [0.15, 0.2) is 5.96 Å². The summed E-state index contributed by atoms with van der Waals surface area (Å²) in [6.07, 6.45) is 1.42. The zero-order chi connectivity index (χ0) is 13.7. The number of hydrogen-bond donors (Lipinski definition) is 2. The van der Waals surface area contributed by atoms with Crippen molar-refractivity contribution in [2.45, 2.75) is 0 Å². The highest BCUT2D eigenvalue weighted by molar-refractivity contribution is 5.94. The predicted molar refractivity (Wildman–Crippen MR) is 72.2 cm³/mol. The molecule has 0 saturated carbocycles. The summed E-state index contributed by atoms with van der Waals surface area (Å²) in [4.78, 5) is 18.0. The lowest BCUT2D eigenvalue weighted by Gasteiger charge is -2.04. The summed E-state index contributed by atoms with van der Waals surface area (Å²) < 4.78 is 0. The highest BCUT2D eigenvalue weighted by Gasteiger charge is 2.13. The van der Waals surface area contributed by atoms with Crippen molar-refractivity contribution in [3.8, 4) is 0 Å². The summed E-state index contributed by atoms with van der Waals surface area (Å²) >= 11 is 0. The third-order valence-corrected chi connectivity index (χ3v) is 2.24.